The van der Waals surface area contributed by atoms with Crippen LogP contribution in [0.25, 0.3) is 0 Å². The van der Waals surface area contributed by atoms with Crippen molar-refractivity contribution in [2.75, 3.05) is 14.2 Å². The molecule has 0 aliphatic carbocycles. The van der Waals surface area contributed by atoms with Gasteiger partial charge >= 0.3 is 8.25 Å². The molecule has 0 radical (unpaired) electrons. The fourth-order valence-corrected chi connectivity index (χ4v) is 2.50. The van der Waals surface area contributed by atoms with Gasteiger partial charge in [0.2, 0.25) is 10.6 Å². The summed E-state index contributed by atoms with van der Waals surface area (Å²) in [4.78, 5) is 15.4. The van der Waals surface area contributed by atoms with E-state index in [0.717, 1.165) is 0 Å². The Morgan fingerprint density at radius 2 is 1.33 bits per heavy atom. The summed E-state index contributed by atoms with van der Waals surface area (Å²) in [7, 11) is 0.0631. The molecule has 0 unspecified atom stereocenters. The second kappa shape index (κ2) is 9.10. The Kier molecular flexibility index (Phi) is 7.14. The van der Waals surface area contributed by atoms with Crippen molar-refractivity contribution >= 4 is 31.5 Å². The minimum absolute atomic E-state index is 0.0235. The summed E-state index contributed by atoms with van der Waals surface area (Å²) in [5.41, 5.74) is 0.698. The van der Waals surface area contributed by atoms with Gasteiger partial charge in [0.05, 0.1) is 26.6 Å². The van der Waals surface area contributed by atoms with E-state index >= 15 is 0 Å². The molecular weight excluding hydrogens is 382 g/mol. The monoisotopic (exact) mass is 394 g/mol. The summed E-state index contributed by atoms with van der Waals surface area (Å²) in [5.74, 6) is 0.719. The number of hydrogen-bond donors (Lipinski definition) is 0. The first-order chi connectivity index (χ1) is 11.5. The van der Waals surface area contributed by atoms with E-state index in [0.29, 0.717) is 22.9 Å². The highest BCUT2D eigenvalue weighted by Gasteiger charge is 2.12. The zero-order valence-electron chi connectivity index (χ0n) is 12.7. The van der Waals surface area contributed by atoms with Crippen molar-refractivity contribution in [1.82, 2.24) is 19.9 Å². The number of rotatable bonds is 8. The van der Waals surface area contributed by atoms with Crippen molar-refractivity contribution in [2.45, 2.75) is 13.2 Å². The molecule has 12 heteroatoms. The molecule has 9 nitrogen and oxygen atoms in total. The van der Waals surface area contributed by atoms with E-state index in [4.69, 9.17) is 41.7 Å². The van der Waals surface area contributed by atoms with E-state index in [1.807, 2.05) is 0 Å². The van der Waals surface area contributed by atoms with Gasteiger partial charge in [-0.1, -0.05) is 0 Å². The first-order valence-corrected chi connectivity index (χ1v) is 8.42. The van der Waals surface area contributed by atoms with Crippen LogP contribution in [-0.2, 0) is 26.8 Å². The lowest BCUT2D eigenvalue weighted by Gasteiger charge is -2.09. The zero-order chi connectivity index (χ0) is 17.5. The minimum Gasteiger partial charge on any atom is -0.493 e. The minimum atomic E-state index is -2.83. The van der Waals surface area contributed by atoms with Gasteiger partial charge < -0.3 is 18.5 Å². The topological polar surface area (TPSA) is 106 Å². The summed E-state index contributed by atoms with van der Waals surface area (Å²) in [6.07, 6.45) is 2.78. The van der Waals surface area contributed by atoms with Crippen molar-refractivity contribution in [1.29, 1.82) is 0 Å². The fraction of sp³-hybridized carbons (Fsp3) is 0.333. The summed E-state index contributed by atoms with van der Waals surface area (Å²) in [6, 6.07) is 0. The first-order valence-electron chi connectivity index (χ1n) is 6.43. The standard InChI is InChI=1S/C12H13Cl2N4O5P/c1-20-9-3-15-11(13)17-7(9)5-22-24(19)23-6-8-10(21-2)4-16-12(14)18-8/h3-4,24H,5-6H2,1-2H3. The molecule has 0 bridgehead atoms. The van der Waals surface area contributed by atoms with Gasteiger partial charge in [-0.05, 0) is 23.2 Å². The predicted octanol–water partition coefficient (Wildman–Crippen LogP) is 2.71. The van der Waals surface area contributed by atoms with Crippen molar-refractivity contribution in [3.05, 3.63) is 34.3 Å². The molecule has 2 aromatic heterocycles. The van der Waals surface area contributed by atoms with Crippen molar-refractivity contribution in [2.24, 2.45) is 0 Å². The lowest BCUT2D eigenvalue weighted by molar-refractivity contribution is 0.204. The number of nitrogens with zero attached hydrogens (tertiary/aromatic N) is 4. The van der Waals surface area contributed by atoms with Crippen LogP contribution in [0.5, 0.6) is 11.5 Å². The Morgan fingerprint density at radius 3 is 1.71 bits per heavy atom. The van der Waals surface area contributed by atoms with Gasteiger partial charge in [0.25, 0.3) is 0 Å². The second-order valence-electron chi connectivity index (χ2n) is 4.14. The third-order valence-corrected chi connectivity index (χ3v) is 3.82. The van der Waals surface area contributed by atoms with Gasteiger partial charge in [0.15, 0.2) is 11.5 Å². The molecule has 0 saturated carbocycles. The number of halogens is 2. The van der Waals surface area contributed by atoms with Crippen molar-refractivity contribution in [3.63, 3.8) is 0 Å². The van der Waals surface area contributed by atoms with E-state index in [1.54, 1.807) is 0 Å². The Hall–Kier alpha value is -1.51. The molecule has 0 aliphatic heterocycles. The van der Waals surface area contributed by atoms with Crippen LogP contribution in [0.2, 0.25) is 10.6 Å². The quantitative estimate of drug-likeness (QED) is 0.493. The second-order valence-corrected chi connectivity index (χ2v) is 5.89. The number of methoxy groups -OCH3 is 2. The van der Waals surface area contributed by atoms with Crippen LogP contribution >= 0.6 is 31.5 Å². The van der Waals surface area contributed by atoms with E-state index in [2.05, 4.69) is 19.9 Å². The van der Waals surface area contributed by atoms with Gasteiger partial charge in [-0.2, -0.15) is 0 Å². The number of hydrogen-bond acceptors (Lipinski definition) is 9. The normalized spacial score (nSPS) is 10.9. The highest BCUT2D eigenvalue weighted by Crippen LogP contribution is 2.30. The molecule has 0 amide bonds. The highest BCUT2D eigenvalue weighted by atomic mass is 35.5. The van der Waals surface area contributed by atoms with E-state index in [9.17, 15) is 4.57 Å². The average molecular weight is 395 g/mol. The molecule has 24 heavy (non-hydrogen) atoms. The van der Waals surface area contributed by atoms with E-state index < -0.39 is 8.25 Å². The van der Waals surface area contributed by atoms with E-state index in [1.165, 1.54) is 26.6 Å². The maximum Gasteiger partial charge on any atom is 0.319 e. The Bertz CT molecular complexity index is 677. The largest absolute Gasteiger partial charge is 0.493 e. The van der Waals surface area contributed by atoms with E-state index in [-0.39, 0.29) is 23.8 Å². The van der Waals surface area contributed by atoms with Crippen LogP contribution < -0.4 is 9.47 Å². The third-order valence-electron chi connectivity index (χ3n) is 2.69. The lowest BCUT2D eigenvalue weighted by Crippen LogP contribution is -2.00. The predicted molar refractivity (Wildman–Crippen MR) is 85.8 cm³/mol. The molecule has 0 atom stereocenters. The first kappa shape index (κ1) is 18.8. The molecule has 2 rings (SSSR count). The Balaban J connectivity index is 1.93. The average Bonchev–Trinajstić information content (AvgIpc) is 2.58. The SMILES string of the molecule is COc1cnc(Cl)nc1CO[PH](=O)OCc1nc(Cl)ncc1OC. The lowest BCUT2D eigenvalue weighted by atomic mass is 10.4. The van der Waals surface area contributed by atoms with Gasteiger partial charge in [-0.15, -0.1) is 0 Å². The molecule has 2 heterocycles. The summed E-state index contributed by atoms with van der Waals surface area (Å²) < 4.78 is 32.2. The number of aromatic nitrogens is 4. The van der Waals surface area contributed by atoms with Gasteiger partial charge in [0.1, 0.15) is 24.6 Å². The molecule has 0 aromatic carbocycles. The molecule has 0 saturated heterocycles. The van der Waals surface area contributed by atoms with Crippen LogP contribution in [0, 0.1) is 0 Å². The maximum absolute atomic E-state index is 11.9. The number of ether oxygens (including phenoxy) is 2. The van der Waals surface area contributed by atoms with Gasteiger partial charge in [-0.25, -0.2) is 19.9 Å². The van der Waals surface area contributed by atoms with Crippen LogP contribution in [-0.4, -0.2) is 34.2 Å². The zero-order valence-corrected chi connectivity index (χ0v) is 15.2. The van der Waals surface area contributed by atoms with Gasteiger partial charge in [-0.3, -0.25) is 4.57 Å². The molecule has 0 aliphatic rings. The smallest absolute Gasteiger partial charge is 0.319 e. The van der Waals surface area contributed by atoms with Crippen LogP contribution in [0.4, 0.5) is 0 Å². The van der Waals surface area contributed by atoms with Crippen molar-refractivity contribution < 1.29 is 23.1 Å². The molecule has 0 fully saturated rings. The summed E-state index contributed by atoms with van der Waals surface area (Å²) in [5, 5.41) is 0.0470. The van der Waals surface area contributed by atoms with Crippen LogP contribution in [0.15, 0.2) is 12.4 Å². The molecule has 130 valence electrons. The van der Waals surface area contributed by atoms with Crippen LogP contribution in [0.1, 0.15) is 11.4 Å². The Labute approximate surface area is 148 Å². The molecule has 0 N–H and O–H groups in total. The van der Waals surface area contributed by atoms with Crippen LogP contribution in [0.3, 0.4) is 0 Å². The molecule has 2 aromatic rings. The van der Waals surface area contributed by atoms with Crippen molar-refractivity contribution in [3.8, 4) is 11.5 Å². The molecular formula is C12H13Cl2N4O5P. The molecule has 0 spiro atoms. The fourth-order valence-electron chi connectivity index (χ4n) is 1.61. The highest BCUT2D eigenvalue weighted by molar-refractivity contribution is 7.33. The van der Waals surface area contributed by atoms with Gasteiger partial charge in [0, 0.05) is 0 Å². The summed E-state index contributed by atoms with van der Waals surface area (Å²) >= 11 is 11.4. The Morgan fingerprint density at radius 1 is 0.917 bits per heavy atom. The summed E-state index contributed by atoms with van der Waals surface area (Å²) in [6.45, 7) is -0.240. The maximum atomic E-state index is 11.9. The third kappa shape index (κ3) is 5.25.